The highest BCUT2D eigenvalue weighted by molar-refractivity contribution is 5.31. The fraction of sp³-hybridized carbons (Fsp3) is 0.556. The minimum Gasteiger partial charge on any atom is -0.271 e. The first-order chi connectivity index (χ1) is 10.1. The molecule has 116 valence electrons. The van der Waals surface area contributed by atoms with Gasteiger partial charge in [-0.05, 0) is 43.4 Å². The second-order valence-electron chi connectivity index (χ2n) is 6.56. The highest BCUT2D eigenvalue weighted by Crippen LogP contribution is 2.33. The van der Waals surface area contributed by atoms with E-state index in [1.165, 1.54) is 43.4 Å². The van der Waals surface area contributed by atoms with Crippen molar-refractivity contribution in [2.24, 2.45) is 5.84 Å². The van der Waals surface area contributed by atoms with E-state index in [4.69, 9.17) is 5.84 Å². The summed E-state index contributed by atoms with van der Waals surface area (Å²) in [4.78, 5) is 0. The molecule has 21 heavy (non-hydrogen) atoms. The summed E-state index contributed by atoms with van der Waals surface area (Å²) in [5.41, 5.74) is 5.34. The van der Waals surface area contributed by atoms with Crippen LogP contribution in [0.3, 0.4) is 0 Å². The van der Waals surface area contributed by atoms with Crippen LogP contribution in [0.25, 0.3) is 0 Å². The molecule has 3 heteroatoms. The normalized spacial score (nSPS) is 21.0. The Labute approximate surface area is 127 Å². The van der Waals surface area contributed by atoms with Gasteiger partial charge in [0.15, 0.2) is 0 Å². The third-order valence-corrected chi connectivity index (χ3v) is 4.67. The quantitative estimate of drug-likeness (QED) is 0.495. The second-order valence-corrected chi connectivity index (χ2v) is 6.56. The summed E-state index contributed by atoms with van der Waals surface area (Å²) in [5.74, 6) is 5.68. The SMILES string of the molecule is CC(C)(c1ccc(F)cc1)C(NN)/C1=C/CCCCCC1. The zero-order chi connectivity index (χ0) is 15.3. The van der Waals surface area contributed by atoms with Gasteiger partial charge in [0.25, 0.3) is 0 Å². The number of hydrogen-bond acceptors (Lipinski definition) is 2. The highest BCUT2D eigenvalue weighted by Gasteiger charge is 2.33. The number of allylic oxidation sites excluding steroid dienone is 1. The largest absolute Gasteiger partial charge is 0.271 e. The van der Waals surface area contributed by atoms with Crippen LogP contribution in [0.4, 0.5) is 4.39 Å². The van der Waals surface area contributed by atoms with E-state index in [-0.39, 0.29) is 17.3 Å². The number of halogens is 1. The third-order valence-electron chi connectivity index (χ3n) is 4.67. The number of rotatable bonds is 4. The summed E-state index contributed by atoms with van der Waals surface area (Å²) in [6, 6.07) is 6.86. The van der Waals surface area contributed by atoms with Crippen molar-refractivity contribution in [3.63, 3.8) is 0 Å². The lowest BCUT2D eigenvalue weighted by molar-refractivity contribution is 0.371. The zero-order valence-corrected chi connectivity index (χ0v) is 13.2. The summed E-state index contributed by atoms with van der Waals surface area (Å²) in [5, 5.41) is 0. The van der Waals surface area contributed by atoms with Crippen molar-refractivity contribution >= 4 is 0 Å². The van der Waals surface area contributed by atoms with Gasteiger partial charge in [0.05, 0.1) is 6.04 Å². The smallest absolute Gasteiger partial charge is 0.123 e. The number of benzene rings is 1. The Morgan fingerprint density at radius 2 is 1.76 bits per heavy atom. The van der Waals surface area contributed by atoms with Gasteiger partial charge in [0.1, 0.15) is 5.82 Å². The summed E-state index contributed by atoms with van der Waals surface area (Å²) < 4.78 is 13.2. The third kappa shape index (κ3) is 3.92. The molecule has 0 saturated heterocycles. The molecule has 1 aliphatic rings. The van der Waals surface area contributed by atoms with Crippen LogP contribution in [0.2, 0.25) is 0 Å². The van der Waals surface area contributed by atoms with E-state index in [0.29, 0.717) is 0 Å². The molecule has 0 aliphatic heterocycles. The summed E-state index contributed by atoms with van der Waals surface area (Å²) in [6.07, 6.45) is 9.69. The van der Waals surface area contributed by atoms with Gasteiger partial charge in [0, 0.05) is 5.41 Å². The van der Waals surface area contributed by atoms with Crippen molar-refractivity contribution in [1.82, 2.24) is 5.43 Å². The monoisotopic (exact) mass is 290 g/mol. The predicted octanol–water partition coefficient (Wildman–Crippen LogP) is 4.22. The lowest BCUT2D eigenvalue weighted by Gasteiger charge is -2.37. The highest BCUT2D eigenvalue weighted by atomic mass is 19.1. The molecule has 0 heterocycles. The van der Waals surface area contributed by atoms with Crippen LogP contribution in [-0.4, -0.2) is 6.04 Å². The van der Waals surface area contributed by atoms with E-state index in [9.17, 15) is 4.39 Å². The van der Waals surface area contributed by atoms with Crippen LogP contribution in [0.1, 0.15) is 57.9 Å². The number of hydrazine groups is 1. The van der Waals surface area contributed by atoms with Crippen molar-refractivity contribution < 1.29 is 4.39 Å². The Morgan fingerprint density at radius 3 is 2.43 bits per heavy atom. The maximum atomic E-state index is 13.2. The molecule has 1 unspecified atom stereocenters. The molecule has 1 aliphatic carbocycles. The Balaban J connectivity index is 2.27. The van der Waals surface area contributed by atoms with Gasteiger partial charge in [-0.3, -0.25) is 11.3 Å². The van der Waals surface area contributed by atoms with E-state index in [0.717, 1.165) is 18.4 Å². The van der Waals surface area contributed by atoms with Crippen LogP contribution in [0.15, 0.2) is 35.9 Å². The molecule has 0 bridgehead atoms. The second kappa shape index (κ2) is 7.19. The lowest BCUT2D eigenvalue weighted by Crippen LogP contribution is -2.49. The van der Waals surface area contributed by atoms with Gasteiger partial charge < -0.3 is 0 Å². The van der Waals surface area contributed by atoms with Gasteiger partial charge in [0.2, 0.25) is 0 Å². The van der Waals surface area contributed by atoms with E-state index >= 15 is 0 Å². The topological polar surface area (TPSA) is 38.0 Å². The molecular weight excluding hydrogens is 263 g/mol. The van der Waals surface area contributed by atoms with Crippen molar-refractivity contribution in [1.29, 1.82) is 0 Å². The first kappa shape index (κ1) is 16.2. The maximum Gasteiger partial charge on any atom is 0.123 e. The standard InChI is InChI=1S/C18H27FN2/c1-18(2,15-10-12-16(19)13-11-15)17(21-20)14-8-6-4-3-5-7-9-14/h8,10-13,17,21H,3-7,9,20H2,1-2H3/b14-8+. The Bertz CT molecular complexity index is 476. The maximum absolute atomic E-state index is 13.2. The van der Waals surface area contributed by atoms with E-state index in [1.807, 2.05) is 12.1 Å². The van der Waals surface area contributed by atoms with Crippen LogP contribution >= 0.6 is 0 Å². The van der Waals surface area contributed by atoms with Gasteiger partial charge in [-0.25, -0.2) is 4.39 Å². The van der Waals surface area contributed by atoms with E-state index in [1.54, 1.807) is 0 Å². The Kier molecular flexibility index (Phi) is 5.54. The van der Waals surface area contributed by atoms with Gasteiger partial charge in [-0.1, -0.05) is 50.5 Å². The van der Waals surface area contributed by atoms with Crippen molar-refractivity contribution in [3.05, 3.63) is 47.3 Å². The summed E-state index contributed by atoms with van der Waals surface area (Å²) in [6.45, 7) is 4.34. The molecule has 0 radical (unpaired) electrons. The van der Waals surface area contributed by atoms with E-state index < -0.39 is 0 Å². The molecular formula is C18H27FN2. The van der Waals surface area contributed by atoms with Crippen LogP contribution < -0.4 is 11.3 Å². The lowest BCUT2D eigenvalue weighted by atomic mass is 9.73. The molecule has 0 saturated carbocycles. The van der Waals surface area contributed by atoms with Crippen LogP contribution in [0.5, 0.6) is 0 Å². The number of hydrogen-bond donors (Lipinski definition) is 2. The molecule has 0 spiro atoms. The molecule has 1 atom stereocenters. The summed E-state index contributed by atoms with van der Waals surface area (Å²) >= 11 is 0. The summed E-state index contributed by atoms with van der Waals surface area (Å²) in [7, 11) is 0. The molecule has 0 aromatic heterocycles. The van der Waals surface area contributed by atoms with Crippen molar-refractivity contribution in [3.8, 4) is 0 Å². The molecule has 0 fully saturated rings. The zero-order valence-electron chi connectivity index (χ0n) is 13.2. The van der Waals surface area contributed by atoms with Gasteiger partial charge >= 0.3 is 0 Å². The van der Waals surface area contributed by atoms with Crippen LogP contribution in [-0.2, 0) is 5.41 Å². The molecule has 3 N–H and O–H groups in total. The number of nitrogens with two attached hydrogens (primary N) is 1. The molecule has 1 aromatic carbocycles. The molecule has 2 rings (SSSR count). The molecule has 0 amide bonds. The average molecular weight is 290 g/mol. The number of nitrogens with one attached hydrogen (secondary N) is 1. The minimum absolute atomic E-state index is 0.0843. The fourth-order valence-corrected chi connectivity index (χ4v) is 3.30. The van der Waals surface area contributed by atoms with Crippen molar-refractivity contribution in [2.45, 2.75) is 63.8 Å². The molecule has 1 aromatic rings. The van der Waals surface area contributed by atoms with Crippen LogP contribution in [0, 0.1) is 5.82 Å². The first-order valence-corrected chi connectivity index (χ1v) is 7.97. The molecule has 2 nitrogen and oxygen atoms in total. The van der Waals surface area contributed by atoms with Gasteiger partial charge in [-0.15, -0.1) is 0 Å². The Hall–Kier alpha value is -1.19. The minimum atomic E-state index is -0.197. The fourth-order valence-electron chi connectivity index (χ4n) is 3.30. The van der Waals surface area contributed by atoms with E-state index in [2.05, 4.69) is 25.3 Å². The first-order valence-electron chi connectivity index (χ1n) is 7.97. The Morgan fingerprint density at radius 1 is 1.10 bits per heavy atom. The van der Waals surface area contributed by atoms with Crippen molar-refractivity contribution in [2.75, 3.05) is 0 Å². The predicted molar refractivity (Wildman–Crippen MR) is 86.3 cm³/mol. The van der Waals surface area contributed by atoms with Gasteiger partial charge in [-0.2, -0.15) is 0 Å². The average Bonchev–Trinajstić information content (AvgIpc) is 2.42.